The van der Waals surface area contributed by atoms with Crippen molar-refractivity contribution in [2.75, 3.05) is 40.8 Å². The highest BCUT2D eigenvalue weighted by Gasteiger charge is 2.39. The van der Waals surface area contributed by atoms with Gasteiger partial charge in [-0.15, -0.1) is 6.58 Å². The molecule has 0 aromatic heterocycles. The smallest absolute Gasteiger partial charge is 0.248 e. The van der Waals surface area contributed by atoms with Gasteiger partial charge in [0.15, 0.2) is 0 Å². The molecule has 2 N–H and O–H groups in total. The van der Waals surface area contributed by atoms with Crippen LogP contribution in [0, 0.1) is 11.8 Å². The van der Waals surface area contributed by atoms with Crippen molar-refractivity contribution in [1.82, 2.24) is 20.0 Å². The highest BCUT2D eigenvalue weighted by atomic mass is 16.3. The van der Waals surface area contributed by atoms with Crippen LogP contribution in [0.15, 0.2) is 24.3 Å². The molecule has 0 aromatic rings. The molecular weight excluding hydrogens is 472 g/mol. The SMILES string of the molecule is C=CCC/C=C(\CCC(=O)N1CC(O)C[C@H]1C(=O)NCC(=O)N(C)CC1CCCCC1C)C(=O)N(C)C. The summed E-state index contributed by atoms with van der Waals surface area (Å²) in [5, 5.41) is 12.9. The number of unbranched alkanes of at least 4 members (excludes halogenated alkanes) is 1. The molecule has 1 aliphatic carbocycles. The lowest BCUT2D eigenvalue weighted by molar-refractivity contribution is -0.139. The minimum Gasteiger partial charge on any atom is -0.391 e. The van der Waals surface area contributed by atoms with Gasteiger partial charge in [0.2, 0.25) is 23.6 Å². The van der Waals surface area contributed by atoms with E-state index in [1.165, 1.54) is 29.1 Å². The van der Waals surface area contributed by atoms with Crippen LogP contribution in [0.25, 0.3) is 0 Å². The Morgan fingerprint density at radius 3 is 2.43 bits per heavy atom. The molecule has 1 heterocycles. The molecule has 1 aliphatic heterocycles. The second-order valence-corrected chi connectivity index (χ2v) is 10.8. The molecular formula is C28H46N4O5. The summed E-state index contributed by atoms with van der Waals surface area (Å²) < 4.78 is 0. The van der Waals surface area contributed by atoms with Crippen LogP contribution in [0.4, 0.5) is 0 Å². The third-order valence-corrected chi connectivity index (χ3v) is 7.59. The zero-order chi connectivity index (χ0) is 27.5. The number of nitrogens with zero attached hydrogens (tertiary/aromatic N) is 3. The maximum Gasteiger partial charge on any atom is 0.248 e. The molecule has 2 rings (SSSR count). The van der Waals surface area contributed by atoms with E-state index in [4.69, 9.17) is 0 Å². The van der Waals surface area contributed by atoms with Crippen LogP contribution in [-0.4, -0.2) is 96.4 Å². The van der Waals surface area contributed by atoms with E-state index >= 15 is 0 Å². The summed E-state index contributed by atoms with van der Waals surface area (Å²) in [6, 6.07) is -0.836. The van der Waals surface area contributed by atoms with Crippen molar-refractivity contribution in [2.45, 2.75) is 76.9 Å². The second-order valence-electron chi connectivity index (χ2n) is 10.8. The number of likely N-dealkylation sites (tertiary alicyclic amines) is 1. The fourth-order valence-corrected chi connectivity index (χ4v) is 5.22. The van der Waals surface area contributed by atoms with E-state index in [-0.39, 0.29) is 50.1 Å². The van der Waals surface area contributed by atoms with E-state index < -0.39 is 18.1 Å². The predicted molar refractivity (Wildman–Crippen MR) is 143 cm³/mol. The van der Waals surface area contributed by atoms with E-state index in [9.17, 15) is 24.3 Å². The van der Waals surface area contributed by atoms with E-state index in [0.29, 0.717) is 30.4 Å². The number of allylic oxidation sites excluding steroid dienone is 2. The summed E-state index contributed by atoms with van der Waals surface area (Å²) in [6.07, 6.45) is 9.34. The predicted octanol–water partition coefficient (Wildman–Crippen LogP) is 2.11. The van der Waals surface area contributed by atoms with Crippen LogP contribution in [0.3, 0.4) is 0 Å². The first kappa shape index (κ1) is 30.5. The molecule has 208 valence electrons. The summed E-state index contributed by atoms with van der Waals surface area (Å²) in [7, 11) is 5.09. The minimum atomic E-state index is -0.836. The van der Waals surface area contributed by atoms with Gasteiger partial charge in [-0.05, 0) is 37.5 Å². The number of nitrogens with one attached hydrogen (secondary N) is 1. The first-order chi connectivity index (χ1) is 17.5. The molecule has 0 spiro atoms. The Morgan fingerprint density at radius 2 is 1.78 bits per heavy atom. The Balaban J connectivity index is 1.91. The largest absolute Gasteiger partial charge is 0.391 e. The van der Waals surface area contributed by atoms with Crippen LogP contribution < -0.4 is 5.32 Å². The minimum absolute atomic E-state index is 0.0528. The lowest BCUT2D eigenvalue weighted by atomic mass is 9.80. The van der Waals surface area contributed by atoms with E-state index in [0.717, 1.165) is 12.8 Å². The number of aliphatic hydroxyl groups excluding tert-OH is 1. The molecule has 1 saturated heterocycles. The standard InChI is InChI=1S/C28H46N4O5/c1-6-7-8-12-21(28(37)30(3)4)14-15-25(34)32-19-23(33)16-24(32)27(36)29-17-26(35)31(5)18-22-13-10-9-11-20(22)2/h6,12,20,22-24,33H,1,7-11,13-19H2,2-5H3,(H,29,36)/b21-12+/t20?,22?,23?,24-/m0/s1. The molecule has 0 aromatic carbocycles. The van der Waals surface area contributed by atoms with Gasteiger partial charge in [0.1, 0.15) is 6.04 Å². The van der Waals surface area contributed by atoms with Crippen LogP contribution in [0.5, 0.6) is 0 Å². The molecule has 37 heavy (non-hydrogen) atoms. The quantitative estimate of drug-likeness (QED) is 0.234. The third-order valence-electron chi connectivity index (χ3n) is 7.59. The van der Waals surface area contributed by atoms with Gasteiger partial charge in [-0.25, -0.2) is 0 Å². The molecule has 9 heteroatoms. The lowest BCUT2D eigenvalue weighted by Gasteiger charge is -2.32. The molecule has 0 bridgehead atoms. The average Bonchev–Trinajstić information content (AvgIpc) is 3.26. The summed E-state index contributed by atoms with van der Waals surface area (Å²) in [4.78, 5) is 55.6. The van der Waals surface area contributed by atoms with Gasteiger partial charge in [-0.3, -0.25) is 19.2 Å². The fraction of sp³-hybridized carbons (Fsp3) is 0.714. The topological polar surface area (TPSA) is 110 Å². The number of rotatable bonds is 12. The van der Waals surface area contributed by atoms with Crippen molar-refractivity contribution in [2.24, 2.45) is 11.8 Å². The van der Waals surface area contributed by atoms with Gasteiger partial charge < -0.3 is 25.1 Å². The van der Waals surface area contributed by atoms with Gasteiger partial charge in [0.25, 0.3) is 0 Å². The molecule has 0 radical (unpaired) electrons. The van der Waals surface area contributed by atoms with Gasteiger partial charge in [0, 0.05) is 52.6 Å². The van der Waals surface area contributed by atoms with Crippen molar-refractivity contribution in [3.63, 3.8) is 0 Å². The van der Waals surface area contributed by atoms with Crippen LogP contribution in [0.1, 0.15) is 64.7 Å². The number of hydrogen-bond donors (Lipinski definition) is 2. The summed E-state index contributed by atoms with van der Waals surface area (Å²) in [5.74, 6) is 0.00315. The number of aliphatic hydroxyl groups is 1. The van der Waals surface area contributed by atoms with Gasteiger partial charge in [0.05, 0.1) is 12.6 Å². The Morgan fingerprint density at radius 1 is 1.08 bits per heavy atom. The molecule has 1 saturated carbocycles. The summed E-state index contributed by atoms with van der Waals surface area (Å²) >= 11 is 0. The Kier molecular flexibility index (Phi) is 12.3. The number of carbonyl (C=O) groups is 4. The van der Waals surface area contributed by atoms with E-state index in [2.05, 4.69) is 18.8 Å². The number of likely N-dealkylation sites (N-methyl/N-ethyl adjacent to an activating group) is 2. The van der Waals surface area contributed by atoms with E-state index in [1.54, 1.807) is 32.1 Å². The number of β-amino-alcohol motifs (C(OH)–C–C–N with tert-alkyl or cyclic N) is 1. The highest BCUT2D eigenvalue weighted by molar-refractivity contribution is 5.94. The first-order valence-electron chi connectivity index (χ1n) is 13.6. The first-order valence-corrected chi connectivity index (χ1v) is 13.6. The van der Waals surface area contributed by atoms with Crippen LogP contribution in [-0.2, 0) is 19.2 Å². The van der Waals surface area contributed by atoms with Gasteiger partial charge in [-0.1, -0.05) is 38.3 Å². The zero-order valence-electron chi connectivity index (χ0n) is 23.1. The van der Waals surface area contributed by atoms with Crippen molar-refractivity contribution in [3.05, 3.63) is 24.3 Å². The molecule has 3 unspecified atom stereocenters. The average molecular weight is 519 g/mol. The summed E-state index contributed by atoms with van der Waals surface area (Å²) in [6.45, 7) is 6.52. The summed E-state index contributed by atoms with van der Waals surface area (Å²) in [5.41, 5.74) is 0.543. The number of amides is 4. The lowest BCUT2D eigenvalue weighted by Crippen LogP contribution is -2.49. The second kappa shape index (κ2) is 14.9. The highest BCUT2D eigenvalue weighted by Crippen LogP contribution is 2.30. The Labute approximate surface area is 221 Å². The maximum absolute atomic E-state index is 13.0. The Hall–Kier alpha value is -2.68. The monoisotopic (exact) mass is 518 g/mol. The van der Waals surface area contributed by atoms with Crippen LogP contribution in [0.2, 0.25) is 0 Å². The molecule has 9 nitrogen and oxygen atoms in total. The maximum atomic E-state index is 13.0. The Bertz CT molecular complexity index is 856. The molecule has 4 amide bonds. The van der Waals surface area contributed by atoms with Crippen molar-refractivity contribution >= 4 is 23.6 Å². The van der Waals surface area contributed by atoms with Gasteiger partial charge >= 0.3 is 0 Å². The fourth-order valence-electron chi connectivity index (χ4n) is 5.22. The van der Waals surface area contributed by atoms with E-state index in [1.807, 2.05) is 6.08 Å². The zero-order valence-corrected chi connectivity index (χ0v) is 23.1. The number of carbonyl (C=O) groups excluding carboxylic acids is 4. The van der Waals surface area contributed by atoms with Crippen molar-refractivity contribution < 1.29 is 24.3 Å². The number of hydrogen-bond acceptors (Lipinski definition) is 5. The normalized spacial score (nSPS) is 23.9. The molecule has 4 atom stereocenters. The van der Waals surface area contributed by atoms with Crippen molar-refractivity contribution in [3.8, 4) is 0 Å². The van der Waals surface area contributed by atoms with Crippen molar-refractivity contribution in [1.29, 1.82) is 0 Å². The van der Waals surface area contributed by atoms with Gasteiger partial charge in [-0.2, -0.15) is 0 Å². The molecule has 2 fully saturated rings. The third kappa shape index (κ3) is 9.29. The van der Waals surface area contributed by atoms with Crippen LogP contribution >= 0.6 is 0 Å². The molecule has 2 aliphatic rings.